The van der Waals surface area contributed by atoms with Gasteiger partial charge < -0.3 is 14.9 Å². The van der Waals surface area contributed by atoms with Crippen molar-refractivity contribution >= 4 is 5.97 Å². The normalized spacial score (nSPS) is 11.5. The van der Waals surface area contributed by atoms with Gasteiger partial charge in [0, 0.05) is 26.4 Å². The third-order valence-electron chi connectivity index (χ3n) is 0.690. The topological polar surface area (TPSA) is 66.8 Å². The molecule has 0 aromatic rings. The molecule has 0 bridgehead atoms. The van der Waals surface area contributed by atoms with Gasteiger partial charge in [-0.05, 0) is 0 Å². The predicted octanol–water partition coefficient (Wildman–Crippen LogP) is -1.10. The number of carbonyl (C=O) groups is 1. The van der Waals surface area contributed by atoms with Gasteiger partial charge in [-0.2, -0.15) is 0 Å². The molecular weight excluding hydrogens is 189 g/mol. The number of hydrogen-bond donors (Lipinski definition) is 2. The van der Waals surface area contributed by atoms with E-state index in [4.69, 9.17) is 10.2 Å². The van der Waals surface area contributed by atoms with Gasteiger partial charge in [0.1, 0.15) is 12.7 Å². The van der Waals surface area contributed by atoms with Crippen LogP contribution in [0.3, 0.4) is 0 Å². The Labute approximate surface area is 71.9 Å². The summed E-state index contributed by atoms with van der Waals surface area (Å²) >= 11 is 0. The Kier molecular flexibility index (Phi) is 9.03. The molecule has 1 unspecified atom stereocenters. The van der Waals surface area contributed by atoms with E-state index in [0.717, 1.165) is 0 Å². The van der Waals surface area contributed by atoms with E-state index in [2.05, 4.69) is 4.74 Å². The molecule has 0 aliphatic rings. The molecule has 10 heavy (non-hydrogen) atoms. The maximum absolute atomic E-state index is 10.0. The number of esters is 1. The molecular formula is C5H10O4Zn. The van der Waals surface area contributed by atoms with Gasteiger partial charge in [-0.3, -0.25) is 4.79 Å². The van der Waals surface area contributed by atoms with Crippen molar-refractivity contribution < 1.29 is 39.2 Å². The molecule has 0 saturated heterocycles. The molecule has 1 atom stereocenters. The molecule has 0 heterocycles. The van der Waals surface area contributed by atoms with Crippen molar-refractivity contribution in [1.29, 1.82) is 0 Å². The molecule has 0 aliphatic heterocycles. The minimum Gasteiger partial charge on any atom is -0.463 e. The molecule has 0 rings (SSSR count). The molecule has 0 aromatic carbocycles. The van der Waals surface area contributed by atoms with Gasteiger partial charge >= 0.3 is 5.97 Å². The van der Waals surface area contributed by atoms with Crippen LogP contribution in [-0.4, -0.2) is 35.5 Å². The van der Waals surface area contributed by atoms with Crippen LogP contribution in [-0.2, 0) is 29.0 Å². The maximum Gasteiger partial charge on any atom is 0.302 e. The SMILES string of the molecule is CC(=O)OCC(O)CO.[Zn]. The summed E-state index contributed by atoms with van der Waals surface area (Å²) in [5.41, 5.74) is 0. The quantitative estimate of drug-likeness (QED) is 0.447. The Hall–Kier alpha value is 0.0134. The second kappa shape index (κ2) is 7.12. The zero-order chi connectivity index (χ0) is 7.28. The zero-order valence-electron chi connectivity index (χ0n) is 5.91. The smallest absolute Gasteiger partial charge is 0.302 e. The molecule has 5 heteroatoms. The predicted molar refractivity (Wildman–Crippen MR) is 29.7 cm³/mol. The standard InChI is InChI=1S/C5H10O4.Zn/c1-4(7)9-3-5(8)2-6;/h5-6,8H,2-3H2,1H3;. The summed E-state index contributed by atoms with van der Waals surface area (Å²) in [6, 6.07) is 0. The first-order valence-corrected chi connectivity index (χ1v) is 2.59. The van der Waals surface area contributed by atoms with Gasteiger partial charge in [-0.25, -0.2) is 0 Å². The third-order valence-corrected chi connectivity index (χ3v) is 0.690. The van der Waals surface area contributed by atoms with E-state index >= 15 is 0 Å². The number of aliphatic hydroxyl groups is 2. The molecule has 0 aliphatic carbocycles. The van der Waals surface area contributed by atoms with Gasteiger partial charge in [-0.15, -0.1) is 0 Å². The van der Waals surface area contributed by atoms with Crippen LogP contribution in [0.4, 0.5) is 0 Å². The van der Waals surface area contributed by atoms with Crippen molar-refractivity contribution in [2.75, 3.05) is 13.2 Å². The molecule has 0 spiro atoms. The Morgan fingerprint density at radius 2 is 2.20 bits per heavy atom. The van der Waals surface area contributed by atoms with Crippen LogP contribution >= 0.6 is 0 Å². The molecule has 0 aromatic heterocycles. The van der Waals surface area contributed by atoms with Crippen LogP contribution in [0.2, 0.25) is 0 Å². The number of aliphatic hydroxyl groups excluding tert-OH is 2. The summed E-state index contributed by atoms with van der Waals surface area (Å²) < 4.78 is 4.35. The molecule has 4 nitrogen and oxygen atoms in total. The van der Waals surface area contributed by atoms with Gasteiger partial charge in [0.05, 0.1) is 6.61 Å². The monoisotopic (exact) mass is 198 g/mol. The molecule has 0 fully saturated rings. The first-order valence-electron chi connectivity index (χ1n) is 2.59. The summed E-state index contributed by atoms with van der Waals surface area (Å²) in [4.78, 5) is 10.0. The Balaban J connectivity index is 0. The van der Waals surface area contributed by atoms with Crippen molar-refractivity contribution in [3.05, 3.63) is 0 Å². The van der Waals surface area contributed by atoms with E-state index in [0.29, 0.717) is 0 Å². The second-order valence-corrected chi connectivity index (χ2v) is 1.64. The largest absolute Gasteiger partial charge is 0.463 e. The summed E-state index contributed by atoms with van der Waals surface area (Å²) in [6.07, 6.45) is -0.950. The minimum absolute atomic E-state index is 0. The van der Waals surface area contributed by atoms with Gasteiger partial charge in [0.2, 0.25) is 0 Å². The van der Waals surface area contributed by atoms with Crippen molar-refractivity contribution in [2.45, 2.75) is 13.0 Å². The number of rotatable bonds is 3. The van der Waals surface area contributed by atoms with Crippen molar-refractivity contribution in [3.63, 3.8) is 0 Å². The summed E-state index contributed by atoms with van der Waals surface area (Å²) in [6.45, 7) is 0.725. The summed E-state index contributed by atoms with van der Waals surface area (Å²) in [5.74, 6) is -0.456. The van der Waals surface area contributed by atoms with Crippen molar-refractivity contribution in [2.24, 2.45) is 0 Å². The number of ether oxygens (including phenoxy) is 1. The third kappa shape index (κ3) is 8.01. The fourth-order valence-corrected chi connectivity index (χ4v) is 0.266. The van der Waals surface area contributed by atoms with E-state index in [-0.39, 0.29) is 32.7 Å². The van der Waals surface area contributed by atoms with Crippen LogP contribution in [0.25, 0.3) is 0 Å². The fourth-order valence-electron chi connectivity index (χ4n) is 0.266. The Morgan fingerprint density at radius 1 is 1.70 bits per heavy atom. The molecule has 0 saturated carbocycles. The summed E-state index contributed by atoms with van der Waals surface area (Å²) in [7, 11) is 0. The number of carbonyl (C=O) groups excluding carboxylic acids is 1. The fraction of sp³-hybridized carbons (Fsp3) is 0.800. The van der Waals surface area contributed by atoms with E-state index in [1.54, 1.807) is 0 Å². The van der Waals surface area contributed by atoms with Crippen LogP contribution in [0.15, 0.2) is 0 Å². The Bertz CT molecular complexity index is 95.6. The first kappa shape index (κ1) is 12.7. The Morgan fingerprint density at radius 3 is 2.50 bits per heavy atom. The van der Waals surface area contributed by atoms with Gasteiger partial charge in [0.25, 0.3) is 0 Å². The minimum atomic E-state index is -0.950. The van der Waals surface area contributed by atoms with Crippen molar-refractivity contribution in [3.8, 4) is 0 Å². The molecule has 2 N–H and O–H groups in total. The maximum atomic E-state index is 10.0. The van der Waals surface area contributed by atoms with Gasteiger partial charge in [0.15, 0.2) is 0 Å². The second-order valence-electron chi connectivity index (χ2n) is 1.64. The van der Waals surface area contributed by atoms with E-state index in [1.165, 1.54) is 6.92 Å². The van der Waals surface area contributed by atoms with Crippen molar-refractivity contribution in [1.82, 2.24) is 0 Å². The average molecular weight is 200 g/mol. The van der Waals surface area contributed by atoms with Crippen LogP contribution in [0.1, 0.15) is 6.92 Å². The van der Waals surface area contributed by atoms with E-state index in [9.17, 15) is 4.79 Å². The van der Waals surface area contributed by atoms with Crippen LogP contribution < -0.4 is 0 Å². The van der Waals surface area contributed by atoms with E-state index in [1.807, 2.05) is 0 Å². The molecule has 0 radical (unpaired) electrons. The summed E-state index contributed by atoms with van der Waals surface area (Å²) in [5, 5.41) is 16.8. The van der Waals surface area contributed by atoms with Gasteiger partial charge in [-0.1, -0.05) is 0 Å². The first-order chi connectivity index (χ1) is 4.16. The number of hydrogen-bond acceptors (Lipinski definition) is 4. The van der Waals surface area contributed by atoms with E-state index < -0.39 is 12.1 Å². The van der Waals surface area contributed by atoms with Crippen LogP contribution in [0.5, 0.6) is 0 Å². The zero-order valence-corrected chi connectivity index (χ0v) is 8.88. The van der Waals surface area contributed by atoms with Crippen LogP contribution in [0, 0.1) is 0 Å². The molecule has 56 valence electrons. The molecule has 0 amide bonds. The average Bonchev–Trinajstić information content (AvgIpc) is 1.83.